The Bertz CT molecular complexity index is 2840. The summed E-state index contributed by atoms with van der Waals surface area (Å²) in [6.07, 6.45) is 0. The summed E-state index contributed by atoms with van der Waals surface area (Å²) in [5.41, 5.74) is 7.48. The Kier molecular flexibility index (Phi) is 5.91. The van der Waals surface area contributed by atoms with Crippen molar-refractivity contribution in [3.63, 3.8) is 0 Å². The number of nitrogens with zero attached hydrogens (tertiary/aromatic N) is 1. The molecular formula is C46H29NO. The van der Waals surface area contributed by atoms with Crippen LogP contribution in [0.4, 0.5) is 17.1 Å². The highest BCUT2D eigenvalue weighted by Crippen LogP contribution is 2.44. The van der Waals surface area contributed by atoms with E-state index in [9.17, 15) is 0 Å². The second-order valence-electron chi connectivity index (χ2n) is 12.5. The molecule has 0 aliphatic carbocycles. The van der Waals surface area contributed by atoms with Crippen molar-refractivity contribution in [2.75, 3.05) is 4.90 Å². The molecule has 224 valence electrons. The van der Waals surface area contributed by atoms with Crippen LogP contribution in [0.2, 0.25) is 0 Å². The minimum Gasteiger partial charge on any atom is -0.456 e. The topological polar surface area (TPSA) is 16.4 Å². The largest absolute Gasteiger partial charge is 0.456 e. The normalized spacial score (nSPS) is 11.8. The monoisotopic (exact) mass is 611 g/mol. The Morgan fingerprint density at radius 1 is 0.312 bits per heavy atom. The number of para-hydroxylation sites is 1. The second-order valence-corrected chi connectivity index (χ2v) is 12.5. The smallest absolute Gasteiger partial charge is 0.136 e. The molecule has 0 spiro atoms. The van der Waals surface area contributed by atoms with Gasteiger partial charge in [0.05, 0.1) is 5.69 Å². The molecule has 1 aromatic heterocycles. The van der Waals surface area contributed by atoms with Crippen molar-refractivity contribution in [1.82, 2.24) is 0 Å². The van der Waals surface area contributed by atoms with Crippen molar-refractivity contribution >= 4 is 82.1 Å². The molecule has 2 heteroatoms. The Hall–Kier alpha value is -6.38. The summed E-state index contributed by atoms with van der Waals surface area (Å²) < 4.78 is 6.23. The summed E-state index contributed by atoms with van der Waals surface area (Å²) in [6, 6.07) is 63.5. The Labute approximate surface area is 277 Å². The lowest BCUT2D eigenvalue weighted by atomic mass is 9.97. The van der Waals surface area contributed by atoms with Crippen LogP contribution < -0.4 is 4.90 Å². The molecule has 0 atom stereocenters. The lowest BCUT2D eigenvalue weighted by Crippen LogP contribution is -2.10. The van der Waals surface area contributed by atoms with Gasteiger partial charge in [-0.05, 0) is 97.4 Å². The molecular weight excluding hydrogens is 583 g/mol. The van der Waals surface area contributed by atoms with Crippen molar-refractivity contribution in [1.29, 1.82) is 0 Å². The maximum absolute atomic E-state index is 6.23. The highest BCUT2D eigenvalue weighted by molar-refractivity contribution is 6.15. The first-order chi connectivity index (χ1) is 23.8. The maximum Gasteiger partial charge on any atom is 0.136 e. The van der Waals surface area contributed by atoms with Gasteiger partial charge in [-0.1, -0.05) is 127 Å². The third-order valence-electron chi connectivity index (χ3n) is 9.81. The number of hydrogen-bond acceptors (Lipinski definition) is 2. The van der Waals surface area contributed by atoms with Gasteiger partial charge in [0.2, 0.25) is 0 Å². The fraction of sp³-hybridized carbons (Fsp3) is 0. The minimum absolute atomic E-state index is 0.908. The van der Waals surface area contributed by atoms with Crippen LogP contribution in [-0.4, -0.2) is 0 Å². The van der Waals surface area contributed by atoms with Crippen LogP contribution in [0, 0.1) is 0 Å². The zero-order valence-electron chi connectivity index (χ0n) is 26.1. The van der Waals surface area contributed by atoms with E-state index in [1.807, 2.05) is 12.1 Å². The summed E-state index contributed by atoms with van der Waals surface area (Å²) in [6.45, 7) is 0. The van der Waals surface area contributed by atoms with Gasteiger partial charge in [0.25, 0.3) is 0 Å². The Balaban J connectivity index is 1.18. The average Bonchev–Trinajstić information content (AvgIpc) is 3.53. The van der Waals surface area contributed by atoms with Crippen LogP contribution >= 0.6 is 0 Å². The highest BCUT2D eigenvalue weighted by atomic mass is 16.3. The first-order valence-electron chi connectivity index (χ1n) is 16.4. The van der Waals surface area contributed by atoms with E-state index in [4.69, 9.17) is 4.42 Å². The van der Waals surface area contributed by atoms with Gasteiger partial charge in [0.1, 0.15) is 11.2 Å². The predicted octanol–water partition coefficient (Wildman–Crippen LogP) is 13.3. The number of benzene rings is 9. The van der Waals surface area contributed by atoms with Crippen LogP contribution in [-0.2, 0) is 0 Å². The van der Waals surface area contributed by atoms with Crippen LogP contribution in [0.25, 0.3) is 76.2 Å². The lowest BCUT2D eigenvalue weighted by molar-refractivity contribution is 0.669. The molecule has 0 bridgehead atoms. The van der Waals surface area contributed by atoms with Crippen LogP contribution in [0.1, 0.15) is 0 Å². The molecule has 10 aromatic rings. The average molecular weight is 612 g/mol. The van der Waals surface area contributed by atoms with Crippen LogP contribution in [0.5, 0.6) is 0 Å². The van der Waals surface area contributed by atoms with Crippen molar-refractivity contribution in [3.8, 4) is 11.1 Å². The molecule has 10 rings (SSSR count). The number of anilines is 3. The molecule has 9 aromatic carbocycles. The van der Waals surface area contributed by atoms with E-state index >= 15 is 0 Å². The van der Waals surface area contributed by atoms with Crippen molar-refractivity contribution in [2.24, 2.45) is 0 Å². The van der Waals surface area contributed by atoms with Crippen LogP contribution in [0.3, 0.4) is 0 Å². The molecule has 0 aliphatic heterocycles. The van der Waals surface area contributed by atoms with Crippen molar-refractivity contribution in [2.45, 2.75) is 0 Å². The van der Waals surface area contributed by atoms with Gasteiger partial charge in [-0.3, -0.25) is 0 Å². The summed E-state index contributed by atoms with van der Waals surface area (Å²) in [5.74, 6) is 0. The van der Waals surface area contributed by atoms with E-state index in [0.717, 1.165) is 50.1 Å². The molecule has 0 amide bonds. The van der Waals surface area contributed by atoms with Crippen molar-refractivity contribution < 1.29 is 4.42 Å². The first-order valence-corrected chi connectivity index (χ1v) is 16.4. The van der Waals surface area contributed by atoms with E-state index in [-0.39, 0.29) is 0 Å². The molecule has 0 radical (unpaired) electrons. The quantitative estimate of drug-likeness (QED) is 0.184. The molecule has 0 fully saturated rings. The zero-order chi connectivity index (χ0) is 31.6. The van der Waals surface area contributed by atoms with Gasteiger partial charge in [-0.2, -0.15) is 0 Å². The molecule has 0 saturated carbocycles. The van der Waals surface area contributed by atoms with Gasteiger partial charge in [-0.25, -0.2) is 0 Å². The molecule has 0 aliphatic rings. The summed E-state index contributed by atoms with van der Waals surface area (Å²) in [4.78, 5) is 2.42. The fourth-order valence-corrected chi connectivity index (χ4v) is 7.48. The van der Waals surface area contributed by atoms with Gasteiger partial charge in [0, 0.05) is 27.5 Å². The van der Waals surface area contributed by atoms with E-state index < -0.39 is 0 Å². The molecule has 0 N–H and O–H groups in total. The van der Waals surface area contributed by atoms with Crippen LogP contribution in [0.15, 0.2) is 180 Å². The van der Waals surface area contributed by atoms with Gasteiger partial charge in [-0.15, -0.1) is 0 Å². The van der Waals surface area contributed by atoms with Gasteiger partial charge >= 0.3 is 0 Å². The molecule has 2 nitrogen and oxygen atoms in total. The maximum atomic E-state index is 6.23. The third-order valence-corrected chi connectivity index (χ3v) is 9.81. The van der Waals surface area contributed by atoms with Gasteiger partial charge in [0.15, 0.2) is 0 Å². The number of fused-ring (bicyclic) bond motifs is 9. The Morgan fingerprint density at radius 2 is 0.875 bits per heavy atom. The predicted molar refractivity (Wildman–Crippen MR) is 204 cm³/mol. The molecule has 0 saturated heterocycles. The second kappa shape index (κ2) is 10.6. The highest BCUT2D eigenvalue weighted by Gasteiger charge is 2.18. The van der Waals surface area contributed by atoms with E-state index in [1.165, 1.54) is 43.1 Å². The summed E-state index contributed by atoms with van der Waals surface area (Å²) >= 11 is 0. The standard InChI is InChI=1S/C46H29NO/c1-3-11-37-31(9-1)17-18-32-21-25-36(29-43(32)37)47(44-27-34-10-2-4-12-38(34)39-13-5-6-14-40(39)44)35-23-19-30(20-24-35)33-22-26-42-41-15-7-8-16-45(41)48-46(42)28-33/h1-29H. The summed E-state index contributed by atoms with van der Waals surface area (Å²) in [5, 5.41) is 12.2. The SMILES string of the molecule is c1ccc2c(c1)ccc1ccc(N(c3ccc(-c4ccc5c(c4)oc4ccccc45)cc3)c3cc4ccccc4c4ccccc34)cc12. The van der Waals surface area contributed by atoms with E-state index in [0.29, 0.717) is 0 Å². The third kappa shape index (κ3) is 4.20. The Morgan fingerprint density at radius 3 is 1.69 bits per heavy atom. The number of furan rings is 1. The molecule has 1 heterocycles. The fourth-order valence-electron chi connectivity index (χ4n) is 7.48. The summed E-state index contributed by atoms with van der Waals surface area (Å²) in [7, 11) is 0. The van der Waals surface area contributed by atoms with Gasteiger partial charge < -0.3 is 9.32 Å². The lowest BCUT2D eigenvalue weighted by Gasteiger charge is -2.28. The minimum atomic E-state index is 0.908. The number of rotatable bonds is 4. The molecule has 48 heavy (non-hydrogen) atoms. The first kappa shape index (κ1) is 26.8. The molecule has 0 unspecified atom stereocenters. The van der Waals surface area contributed by atoms with E-state index in [1.54, 1.807) is 0 Å². The van der Waals surface area contributed by atoms with Crippen molar-refractivity contribution in [3.05, 3.63) is 176 Å². The van der Waals surface area contributed by atoms with E-state index in [2.05, 4.69) is 169 Å². The zero-order valence-corrected chi connectivity index (χ0v) is 26.1. The number of hydrogen-bond donors (Lipinski definition) is 0.